The minimum absolute atomic E-state index is 0.0573. The zero-order chi connectivity index (χ0) is 14.2. The molecule has 0 unspecified atom stereocenters. The first kappa shape index (κ1) is 13.6. The van der Waals surface area contributed by atoms with Gasteiger partial charge in [0.2, 0.25) is 0 Å². The van der Waals surface area contributed by atoms with E-state index in [2.05, 4.69) is 12.1 Å². The van der Waals surface area contributed by atoms with Crippen molar-refractivity contribution in [2.24, 2.45) is 0 Å². The van der Waals surface area contributed by atoms with Gasteiger partial charge in [-0.25, -0.2) is 0 Å². The lowest BCUT2D eigenvalue weighted by atomic mass is 10.0. The van der Waals surface area contributed by atoms with E-state index in [9.17, 15) is 4.79 Å². The fourth-order valence-electron chi connectivity index (χ4n) is 3.05. The Labute approximate surface area is 119 Å². The van der Waals surface area contributed by atoms with Gasteiger partial charge in [-0.1, -0.05) is 30.3 Å². The van der Waals surface area contributed by atoms with Gasteiger partial charge < -0.3 is 14.4 Å². The summed E-state index contributed by atoms with van der Waals surface area (Å²) < 4.78 is 11.2. The van der Waals surface area contributed by atoms with Gasteiger partial charge in [0.25, 0.3) is 5.91 Å². The van der Waals surface area contributed by atoms with E-state index in [0.29, 0.717) is 6.61 Å². The Morgan fingerprint density at radius 3 is 2.70 bits per heavy atom. The van der Waals surface area contributed by atoms with Crippen LogP contribution in [0.2, 0.25) is 0 Å². The molecule has 2 atom stereocenters. The fraction of sp³-hybridized carbons (Fsp3) is 0.562. The van der Waals surface area contributed by atoms with E-state index in [-0.39, 0.29) is 11.9 Å². The molecule has 0 bridgehead atoms. The summed E-state index contributed by atoms with van der Waals surface area (Å²) in [6, 6.07) is 10.4. The van der Waals surface area contributed by atoms with Crippen LogP contribution < -0.4 is 0 Å². The van der Waals surface area contributed by atoms with Gasteiger partial charge in [-0.2, -0.15) is 0 Å². The maximum atomic E-state index is 12.6. The summed E-state index contributed by atoms with van der Waals surface area (Å²) >= 11 is 0. The first-order chi connectivity index (χ1) is 9.57. The second-order valence-corrected chi connectivity index (χ2v) is 5.92. The van der Waals surface area contributed by atoms with E-state index in [1.807, 2.05) is 36.9 Å². The first-order valence-corrected chi connectivity index (χ1v) is 7.24. The SMILES string of the molecule is CC1(C)OC[C@H](C(=O)N2CCC[C@H]2c2ccccc2)O1. The third-order valence-corrected chi connectivity index (χ3v) is 4.00. The van der Waals surface area contributed by atoms with Crippen LogP contribution in [-0.4, -0.2) is 35.8 Å². The van der Waals surface area contributed by atoms with Crippen LogP contribution in [0.4, 0.5) is 0 Å². The number of carbonyl (C=O) groups excluding carboxylic acids is 1. The molecule has 2 heterocycles. The molecule has 4 heteroatoms. The molecular formula is C16H21NO3. The minimum atomic E-state index is -0.651. The highest BCUT2D eigenvalue weighted by Crippen LogP contribution is 2.34. The Kier molecular flexibility index (Phi) is 3.52. The Morgan fingerprint density at radius 2 is 2.05 bits per heavy atom. The predicted molar refractivity (Wildman–Crippen MR) is 75.0 cm³/mol. The van der Waals surface area contributed by atoms with Gasteiger partial charge in [0.1, 0.15) is 0 Å². The monoisotopic (exact) mass is 275 g/mol. The normalized spacial score (nSPS) is 28.8. The lowest BCUT2D eigenvalue weighted by molar-refractivity contribution is -0.160. The number of hydrogen-bond donors (Lipinski definition) is 0. The fourth-order valence-corrected chi connectivity index (χ4v) is 3.05. The molecule has 2 aliphatic heterocycles. The summed E-state index contributed by atoms with van der Waals surface area (Å²) in [7, 11) is 0. The third kappa shape index (κ3) is 2.58. The lowest BCUT2D eigenvalue weighted by Crippen LogP contribution is -2.40. The van der Waals surface area contributed by atoms with Gasteiger partial charge in [0.05, 0.1) is 12.6 Å². The summed E-state index contributed by atoms with van der Waals surface area (Å²) in [5.74, 6) is -0.593. The van der Waals surface area contributed by atoms with Crippen molar-refractivity contribution in [3.05, 3.63) is 35.9 Å². The van der Waals surface area contributed by atoms with Gasteiger partial charge in [0, 0.05) is 6.54 Å². The largest absolute Gasteiger partial charge is 0.347 e. The second-order valence-electron chi connectivity index (χ2n) is 5.92. The van der Waals surface area contributed by atoms with Crippen molar-refractivity contribution >= 4 is 5.91 Å². The molecule has 0 spiro atoms. The highest BCUT2D eigenvalue weighted by atomic mass is 16.7. The number of ether oxygens (including phenoxy) is 2. The maximum Gasteiger partial charge on any atom is 0.254 e. The lowest BCUT2D eigenvalue weighted by Gasteiger charge is -2.27. The van der Waals surface area contributed by atoms with Crippen molar-refractivity contribution in [1.29, 1.82) is 0 Å². The minimum Gasteiger partial charge on any atom is -0.347 e. The standard InChI is InChI=1S/C16H21NO3/c1-16(2)19-11-14(20-16)15(18)17-10-6-9-13(17)12-7-4-3-5-8-12/h3-5,7-8,13-14H,6,9-11H2,1-2H3/t13-,14+/m0/s1. The molecule has 1 aromatic rings. The molecule has 1 aromatic carbocycles. The topological polar surface area (TPSA) is 38.8 Å². The molecule has 108 valence electrons. The molecule has 4 nitrogen and oxygen atoms in total. The summed E-state index contributed by atoms with van der Waals surface area (Å²) in [5, 5.41) is 0. The van der Waals surface area contributed by atoms with Crippen molar-refractivity contribution in [3.63, 3.8) is 0 Å². The average molecular weight is 275 g/mol. The van der Waals surface area contributed by atoms with Crippen molar-refractivity contribution < 1.29 is 14.3 Å². The van der Waals surface area contributed by atoms with Crippen LogP contribution in [-0.2, 0) is 14.3 Å². The zero-order valence-electron chi connectivity index (χ0n) is 12.0. The molecule has 1 amide bonds. The Hall–Kier alpha value is -1.39. The van der Waals surface area contributed by atoms with E-state index >= 15 is 0 Å². The molecule has 2 saturated heterocycles. The van der Waals surface area contributed by atoms with Crippen LogP contribution >= 0.6 is 0 Å². The molecule has 3 rings (SSSR count). The zero-order valence-corrected chi connectivity index (χ0v) is 12.0. The molecule has 0 N–H and O–H groups in total. The molecular weight excluding hydrogens is 254 g/mol. The van der Waals surface area contributed by atoms with Crippen molar-refractivity contribution in [3.8, 4) is 0 Å². The van der Waals surface area contributed by atoms with Gasteiger partial charge in [0.15, 0.2) is 11.9 Å². The average Bonchev–Trinajstić information content (AvgIpc) is 3.05. The number of amides is 1. The van der Waals surface area contributed by atoms with E-state index in [0.717, 1.165) is 19.4 Å². The number of likely N-dealkylation sites (tertiary alicyclic amines) is 1. The van der Waals surface area contributed by atoms with Gasteiger partial charge in [-0.15, -0.1) is 0 Å². The molecule has 2 fully saturated rings. The van der Waals surface area contributed by atoms with Crippen molar-refractivity contribution in [1.82, 2.24) is 4.90 Å². The summed E-state index contributed by atoms with van der Waals surface area (Å²) in [5.41, 5.74) is 1.21. The number of carbonyl (C=O) groups is 1. The molecule has 0 aromatic heterocycles. The smallest absolute Gasteiger partial charge is 0.254 e. The molecule has 0 saturated carbocycles. The molecule has 20 heavy (non-hydrogen) atoms. The van der Waals surface area contributed by atoms with Crippen LogP contribution in [0.5, 0.6) is 0 Å². The van der Waals surface area contributed by atoms with Crippen LogP contribution in [0.3, 0.4) is 0 Å². The summed E-state index contributed by atoms with van der Waals surface area (Å²) in [6.45, 7) is 4.85. The van der Waals surface area contributed by atoms with Gasteiger partial charge in [-0.05, 0) is 32.3 Å². The number of nitrogens with zero attached hydrogens (tertiary/aromatic N) is 1. The van der Waals surface area contributed by atoms with Crippen LogP contribution in [0.25, 0.3) is 0 Å². The van der Waals surface area contributed by atoms with E-state index in [1.54, 1.807) is 0 Å². The Morgan fingerprint density at radius 1 is 1.30 bits per heavy atom. The predicted octanol–water partition coefficient (Wildman–Crippen LogP) is 2.50. The van der Waals surface area contributed by atoms with Crippen molar-refractivity contribution in [2.75, 3.05) is 13.2 Å². The number of hydrogen-bond acceptors (Lipinski definition) is 3. The van der Waals surface area contributed by atoms with E-state index in [4.69, 9.17) is 9.47 Å². The highest BCUT2D eigenvalue weighted by Gasteiger charge is 2.41. The Balaban J connectivity index is 1.74. The van der Waals surface area contributed by atoms with Gasteiger partial charge >= 0.3 is 0 Å². The number of benzene rings is 1. The van der Waals surface area contributed by atoms with Gasteiger partial charge in [-0.3, -0.25) is 4.79 Å². The second kappa shape index (κ2) is 5.19. The summed E-state index contributed by atoms with van der Waals surface area (Å²) in [4.78, 5) is 14.6. The summed E-state index contributed by atoms with van der Waals surface area (Å²) in [6.07, 6.45) is 1.60. The third-order valence-electron chi connectivity index (χ3n) is 4.00. The highest BCUT2D eigenvalue weighted by molar-refractivity contribution is 5.82. The molecule has 0 aliphatic carbocycles. The maximum absolute atomic E-state index is 12.6. The van der Waals surface area contributed by atoms with Crippen LogP contribution in [0.1, 0.15) is 38.3 Å². The van der Waals surface area contributed by atoms with E-state index < -0.39 is 11.9 Å². The van der Waals surface area contributed by atoms with Crippen molar-refractivity contribution in [2.45, 2.75) is 44.6 Å². The van der Waals surface area contributed by atoms with Crippen LogP contribution in [0, 0.1) is 0 Å². The number of rotatable bonds is 2. The van der Waals surface area contributed by atoms with Crippen LogP contribution in [0.15, 0.2) is 30.3 Å². The first-order valence-electron chi connectivity index (χ1n) is 7.24. The molecule has 0 radical (unpaired) electrons. The Bertz CT molecular complexity index is 486. The quantitative estimate of drug-likeness (QED) is 0.832. The van der Waals surface area contributed by atoms with E-state index in [1.165, 1.54) is 5.56 Å². The molecule has 2 aliphatic rings.